The number of amides is 1. The van der Waals surface area contributed by atoms with Crippen LogP contribution in [0.4, 0.5) is 5.69 Å². The van der Waals surface area contributed by atoms with Crippen molar-refractivity contribution < 1.29 is 9.53 Å². The Bertz CT molecular complexity index is 496. The van der Waals surface area contributed by atoms with Crippen LogP contribution in [0.5, 0.6) is 5.75 Å². The normalized spacial score (nSPS) is 18.2. The van der Waals surface area contributed by atoms with E-state index >= 15 is 0 Å². The van der Waals surface area contributed by atoms with Crippen molar-refractivity contribution in [2.45, 2.75) is 31.9 Å². The van der Waals surface area contributed by atoms with Crippen LogP contribution in [0.25, 0.3) is 0 Å². The summed E-state index contributed by atoms with van der Waals surface area (Å²) in [4.78, 5) is 12.1. The Labute approximate surface area is 112 Å². The minimum absolute atomic E-state index is 0.113. The topological polar surface area (TPSA) is 74.2 Å². The van der Waals surface area contributed by atoms with Crippen molar-refractivity contribution in [2.75, 3.05) is 11.9 Å². The van der Waals surface area contributed by atoms with Crippen molar-refractivity contribution in [3.63, 3.8) is 0 Å². The molecule has 19 heavy (non-hydrogen) atoms. The Morgan fingerprint density at radius 3 is 3.16 bits per heavy atom. The first-order valence-corrected chi connectivity index (χ1v) is 6.41. The van der Waals surface area contributed by atoms with Gasteiger partial charge in [0.1, 0.15) is 5.75 Å². The molecule has 1 heterocycles. The first-order valence-electron chi connectivity index (χ1n) is 6.41. The number of benzene rings is 1. The van der Waals surface area contributed by atoms with Crippen molar-refractivity contribution in [3.05, 3.63) is 24.3 Å². The number of nitriles is 1. The Morgan fingerprint density at radius 1 is 1.63 bits per heavy atom. The van der Waals surface area contributed by atoms with E-state index in [2.05, 4.69) is 16.7 Å². The first kappa shape index (κ1) is 13.2. The van der Waals surface area contributed by atoms with E-state index in [1.807, 2.05) is 31.2 Å². The molecule has 0 aliphatic carbocycles. The average Bonchev–Trinajstić information content (AvgIpc) is 2.46. The highest BCUT2D eigenvalue weighted by molar-refractivity contribution is 5.83. The molecular formula is C14H17N3O2. The van der Waals surface area contributed by atoms with Gasteiger partial charge < -0.3 is 15.4 Å². The van der Waals surface area contributed by atoms with E-state index in [0.717, 1.165) is 12.1 Å². The Balaban J connectivity index is 1.97. The molecular weight excluding hydrogens is 242 g/mol. The van der Waals surface area contributed by atoms with Gasteiger partial charge >= 0.3 is 0 Å². The highest BCUT2D eigenvalue weighted by Crippen LogP contribution is 2.28. The fourth-order valence-corrected chi connectivity index (χ4v) is 1.96. The smallest absolute Gasteiger partial charge is 0.263 e. The molecule has 1 aromatic carbocycles. The van der Waals surface area contributed by atoms with E-state index in [0.29, 0.717) is 18.7 Å². The molecule has 0 saturated carbocycles. The lowest BCUT2D eigenvalue weighted by molar-refractivity contribution is -0.128. The van der Waals surface area contributed by atoms with Crippen molar-refractivity contribution in [2.24, 2.45) is 0 Å². The lowest BCUT2D eigenvalue weighted by Crippen LogP contribution is -2.48. The summed E-state index contributed by atoms with van der Waals surface area (Å²) in [5, 5.41) is 14.7. The maximum atomic E-state index is 12.1. The fourth-order valence-electron chi connectivity index (χ4n) is 1.96. The zero-order valence-electron chi connectivity index (χ0n) is 10.8. The monoisotopic (exact) mass is 259 g/mol. The van der Waals surface area contributed by atoms with Crippen LogP contribution in [0.3, 0.4) is 0 Å². The van der Waals surface area contributed by atoms with Gasteiger partial charge in [0.25, 0.3) is 5.91 Å². The number of carbonyl (C=O) groups excluding carboxylic acids is 1. The molecule has 1 amide bonds. The van der Waals surface area contributed by atoms with Gasteiger partial charge in [0.15, 0.2) is 6.10 Å². The number of anilines is 1. The minimum atomic E-state index is -0.553. The van der Waals surface area contributed by atoms with E-state index < -0.39 is 6.10 Å². The van der Waals surface area contributed by atoms with E-state index in [1.165, 1.54) is 0 Å². The second-order valence-corrected chi connectivity index (χ2v) is 4.46. The van der Waals surface area contributed by atoms with Gasteiger partial charge in [-0.3, -0.25) is 4.79 Å². The molecule has 1 aromatic rings. The van der Waals surface area contributed by atoms with Gasteiger partial charge in [0, 0.05) is 6.04 Å². The molecule has 0 fully saturated rings. The number of hydrogen-bond acceptors (Lipinski definition) is 4. The molecule has 0 saturated heterocycles. The van der Waals surface area contributed by atoms with Crippen molar-refractivity contribution in [1.29, 1.82) is 5.26 Å². The molecule has 0 spiro atoms. The molecule has 0 aromatic heterocycles. The molecule has 1 aliphatic rings. The summed E-state index contributed by atoms with van der Waals surface area (Å²) in [6.45, 7) is 2.38. The van der Waals surface area contributed by atoms with Crippen molar-refractivity contribution >= 4 is 11.6 Å². The van der Waals surface area contributed by atoms with E-state index in [1.54, 1.807) is 0 Å². The third-order valence-corrected chi connectivity index (χ3v) is 3.10. The number of fused-ring (bicyclic) bond motifs is 1. The molecule has 0 bridgehead atoms. The third-order valence-electron chi connectivity index (χ3n) is 3.10. The highest BCUT2D eigenvalue weighted by Gasteiger charge is 2.26. The van der Waals surface area contributed by atoms with Gasteiger partial charge in [0.2, 0.25) is 0 Å². The molecule has 2 unspecified atom stereocenters. The predicted molar refractivity (Wildman–Crippen MR) is 71.8 cm³/mol. The predicted octanol–water partition coefficient (Wildman–Crippen LogP) is 1.67. The summed E-state index contributed by atoms with van der Waals surface area (Å²) in [6.07, 6.45) is 0.497. The first-order chi connectivity index (χ1) is 9.24. The Morgan fingerprint density at radius 2 is 2.42 bits per heavy atom. The SMILES string of the molecule is CCC(CC#N)NC(=O)C1CNc2ccccc2O1. The largest absolute Gasteiger partial charge is 0.477 e. The maximum Gasteiger partial charge on any atom is 0.263 e. The van der Waals surface area contributed by atoms with Crippen LogP contribution in [0.1, 0.15) is 19.8 Å². The fraction of sp³-hybridized carbons (Fsp3) is 0.429. The third kappa shape index (κ3) is 3.16. The number of nitrogens with zero attached hydrogens (tertiary/aromatic N) is 1. The van der Waals surface area contributed by atoms with Gasteiger partial charge in [-0.15, -0.1) is 0 Å². The van der Waals surface area contributed by atoms with Crippen LogP contribution in [0.2, 0.25) is 0 Å². The van der Waals surface area contributed by atoms with E-state index in [-0.39, 0.29) is 11.9 Å². The zero-order valence-corrected chi connectivity index (χ0v) is 10.8. The van der Waals surface area contributed by atoms with E-state index in [9.17, 15) is 4.79 Å². The van der Waals surface area contributed by atoms with Crippen LogP contribution >= 0.6 is 0 Å². The lowest BCUT2D eigenvalue weighted by atomic mass is 10.1. The molecule has 2 N–H and O–H groups in total. The number of hydrogen-bond donors (Lipinski definition) is 2. The van der Waals surface area contributed by atoms with Gasteiger partial charge in [-0.2, -0.15) is 5.26 Å². The molecule has 1 aliphatic heterocycles. The van der Waals surface area contributed by atoms with Crippen LogP contribution in [0.15, 0.2) is 24.3 Å². The van der Waals surface area contributed by atoms with E-state index in [4.69, 9.17) is 10.00 Å². The average molecular weight is 259 g/mol. The molecule has 100 valence electrons. The number of rotatable bonds is 4. The summed E-state index contributed by atoms with van der Waals surface area (Å²) in [7, 11) is 0. The van der Waals surface area contributed by atoms with Gasteiger partial charge in [-0.25, -0.2) is 0 Å². The van der Waals surface area contributed by atoms with Gasteiger partial charge in [0.05, 0.1) is 24.7 Å². The Kier molecular flexibility index (Phi) is 4.24. The van der Waals surface area contributed by atoms with Crippen LogP contribution in [0, 0.1) is 11.3 Å². The van der Waals surface area contributed by atoms with Crippen LogP contribution in [-0.4, -0.2) is 24.6 Å². The number of carbonyl (C=O) groups is 1. The number of ether oxygens (including phenoxy) is 1. The molecule has 5 heteroatoms. The lowest BCUT2D eigenvalue weighted by Gasteiger charge is -2.27. The summed E-state index contributed by atoms with van der Waals surface area (Å²) >= 11 is 0. The summed E-state index contributed by atoms with van der Waals surface area (Å²) in [5.41, 5.74) is 0.899. The second-order valence-electron chi connectivity index (χ2n) is 4.46. The number of nitrogens with one attached hydrogen (secondary N) is 2. The molecule has 2 atom stereocenters. The summed E-state index contributed by atoms with van der Waals surface area (Å²) < 4.78 is 5.66. The van der Waals surface area contributed by atoms with Gasteiger partial charge in [-0.05, 0) is 18.6 Å². The van der Waals surface area contributed by atoms with Crippen molar-refractivity contribution in [1.82, 2.24) is 5.32 Å². The summed E-state index contributed by atoms with van der Waals surface area (Å²) in [6, 6.07) is 9.48. The maximum absolute atomic E-state index is 12.1. The number of para-hydroxylation sites is 2. The molecule has 2 rings (SSSR count). The Hall–Kier alpha value is -2.22. The van der Waals surface area contributed by atoms with Gasteiger partial charge in [-0.1, -0.05) is 19.1 Å². The summed E-state index contributed by atoms with van der Waals surface area (Å²) in [5.74, 6) is 0.506. The van der Waals surface area contributed by atoms with Crippen LogP contribution < -0.4 is 15.4 Å². The molecule has 5 nitrogen and oxygen atoms in total. The second kappa shape index (κ2) is 6.10. The van der Waals surface area contributed by atoms with Crippen LogP contribution in [-0.2, 0) is 4.79 Å². The zero-order chi connectivity index (χ0) is 13.7. The highest BCUT2D eigenvalue weighted by atomic mass is 16.5. The quantitative estimate of drug-likeness (QED) is 0.862. The van der Waals surface area contributed by atoms with Crippen molar-refractivity contribution in [3.8, 4) is 11.8 Å². The molecule has 0 radical (unpaired) electrons. The standard InChI is InChI=1S/C14H17N3O2/c1-2-10(7-8-15)17-14(18)13-9-16-11-5-3-4-6-12(11)19-13/h3-6,10,13,16H,2,7,9H2,1H3,(H,17,18). The minimum Gasteiger partial charge on any atom is -0.477 e.